The van der Waals surface area contributed by atoms with E-state index in [0.717, 1.165) is 9.13 Å². The van der Waals surface area contributed by atoms with E-state index in [-0.39, 0.29) is 13.2 Å². The monoisotopic (exact) mass is 462 g/mol. The number of phosphoric ester groups is 1. The van der Waals surface area contributed by atoms with E-state index >= 15 is 0 Å². The Morgan fingerprint density at radius 1 is 0.958 bits per heavy atom. The van der Waals surface area contributed by atoms with Gasteiger partial charge in [-0.2, -0.15) is 0 Å². The summed E-state index contributed by atoms with van der Waals surface area (Å²) >= 11 is 2.15. The molecule has 5 nitrogen and oxygen atoms in total. The van der Waals surface area contributed by atoms with Crippen LogP contribution in [0.5, 0.6) is 11.5 Å². The van der Waals surface area contributed by atoms with Gasteiger partial charge in [-0.1, -0.05) is 30.3 Å². The highest BCUT2D eigenvalue weighted by atomic mass is 127. The van der Waals surface area contributed by atoms with Crippen LogP contribution < -0.4 is 9.26 Å². The normalized spacial score (nSPS) is 11.3. The van der Waals surface area contributed by atoms with Gasteiger partial charge in [-0.3, -0.25) is 9.05 Å². The van der Waals surface area contributed by atoms with Crippen LogP contribution in [0.4, 0.5) is 0 Å². The van der Waals surface area contributed by atoms with Gasteiger partial charge in [0.25, 0.3) is 0 Å². The zero-order valence-corrected chi connectivity index (χ0v) is 16.7. The van der Waals surface area contributed by atoms with Gasteiger partial charge in [0.05, 0.1) is 13.2 Å². The first-order chi connectivity index (χ1) is 11.6. The lowest BCUT2D eigenvalue weighted by Crippen LogP contribution is -2.04. The fourth-order valence-electron chi connectivity index (χ4n) is 1.93. The van der Waals surface area contributed by atoms with Crippen molar-refractivity contribution in [2.45, 2.75) is 20.5 Å². The summed E-state index contributed by atoms with van der Waals surface area (Å²) in [5.74, 6) is 0.821. The fraction of sp³-hybridized carbons (Fsp3) is 0.294. The maximum atomic E-state index is 12.6. The highest BCUT2D eigenvalue weighted by Crippen LogP contribution is 2.51. The van der Waals surface area contributed by atoms with Gasteiger partial charge in [-0.25, -0.2) is 4.57 Å². The van der Waals surface area contributed by atoms with Crippen molar-refractivity contribution >= 4 is 30.4 Å². The summed E-state index contributed by atoms with van der Waals surface area (Å²) in [7, 11) is -3.67. The molecule has 0 amide bonds. The molecule has 2 rings (SSSR count). The van der Waals surface area contributed by atoms with E-state index in [4.69, 9.17) is 18.3 Å². The molecule has 0 unspecified atom stereocenters. The minimum atomic E-state index is -3.67. The molecule has 7 heteroatoms. The molecule has 130 valence electrons. The maximum Gasteiger partial charge on any atom is 0.530 e. The van der Waals surface area contributed by atoms with Crippen molar-refractivity contribution in [3.63, 3.8) is 0 Å². The second-order valence-electron chi connectivity index (χ2n) is 4.74. The van der Waals surface area contributed by atoms with Gasteiger partial charge in [0.2, 0.25) is 0 Å². The molecular formula is C17H20IO5P. The van der Waals surface area contributed by atoms with Gasteiger partial charge < -0.3 is 9.26 Å². The number of hydrogen-bond acceptors (Lipinski definition) is 5. The Morgan fingerprint density at radius 2 is 1.62 bits per heavy atom. The van der Waals surface area contributed by atoms with Crippen LogP contribution >= 0.6 is 30.4 Å². The van der Waals surface area contributed by atoms with E-state index in [0.29, 0.717) is 18.1 Å². The average molecular weight is 462 g/mol. The van der Waals surface area contributed by atoms with E-state index < -0.39 is 7.82 Å². The number of ether oxygens (including phenoxy) is 1. The largest absolute Gasteiger partial charge is 0.530 e. The van der Waals surface area contributed by atoms with Crippen LogP contribution in [0.1, 0.15) is 19.4 Å². The molecule has 0 radical (unpaired) electrons. The van der Waals surface area contributed by atoms with Crippen LogP contribution in [0.15, 0.2) is 48.5 Å². The molecule has 0 bridgehead atoms. The van der Waals surface area contributed by atoms with E-state index in [1.54, 1.807) is 26.0 Å². The third-order valence-electron chi connectivity index (χ3n) is 2.93. The molecule has 0 aromatic heterocycles. The van der Waals surface area contributed by atoms with Gasteiger partial charge in [0, 0.05) is 3.57 Å². The summed E-state index contributed by atoms with van der Waals surface area (Å²) in [6.45, 7) is 4.29. The van der Waals surface area contributed by atoms with Crippen molar-refractivity contribution in [2.24, 2.45) is 0 Å². The first-order valence-electron chi connectivity index (χ1n) is 7.61. The Bertz CT molecular complexity index is 683. The highest BCUT2D eigenvalue weighted by molar-refractivity contribution is 14.1. The third kappa shape index (κ3) is 5.77. The van der Waals surface area contributed by atoms with Crippen LogP contribution in [-0.2, 0) is 20.2 Å². The topological polar surface area (TPSA) is 54.0 Å². The number of rotatable bonds is 9. The minimum Gasteiger partial charge on any atom is -0.485 e. The smallest absolute Gasteiger partial charge is 0.485 e. The molecule has 0 aliphatic carbocycles. The summed E-state index contributed by atoms with van der Waals surface area (Å²) in [4.78, 5) is 0. The molecule has 2 aromatic rings. The third-order valence-corrected chi connectivity index (χ3v) is 5.17. The predicted octanol–water partition coefficient (Wildman–Crippen LogP) is 5.43. The van der Waals surface area contributed by atoms with E-state index in [9.17, 15) is 4.57 Å². The lowest BCUT2D eigenvalue weighted by Gasteiger charge is -2.19. The second-order valence-corrected chi connectivity index (χ2v) is 7.58. The Balaban J connectivity index is 2.19. The molecule has 0 saturated heterocycles. The van der Waals surface area contributed by atoms with Crippen molar-refractivity contribution in [3.05, 3.63) is 57.7 Å². The van der Waals surface area contributed by atoms with Crippen LogP contribution in [-0.4, -0.2) is 13.2 Å². The van der Waals surface area contributed by atoms with Gasteiger partial charge in [-0.05, 0) is 60.2 Å². The Kier molecular flexibility index (Phi) is 7.55. The van der Waals surface area contributed by atoms with Crippen molar-refractivity contribution < 1.29 is 22.9 Å². The Labute approximate surface area is 156 Å². The summed E-state index contributed by atoms with van der Waals surface area (Å²) in [6.07, 6.45) is 0. The van der Waals surface area contributed by atoms with Crippen LogP contribution in [0, 0.1) is 3.57 Å². The van der Waals surface area contributed by atoms with Crippen LogP contribution in [0.25, 0.3) is 0 Å². The molecular weight excluding hydrogens is 442 g/mol. The Hall–Kier alpha value is -1.08. The molecule has 0 fully saturated rings. The molecule has 0 atom stereocenters. The number of benzene rings is 2. The van der Waals surface area contributed by atoms with Crippen molar-refractivity contribution in [3.8, 4) is 11.5 Å². The Morgan fingerprint density at radius 3 is 2.25 bits per heavy atom. The molecule has 0 heterocycles. The lowest BCUT2D eigenvalue weighted by molar-refractivity contribution is 0.165. The van der Waals surface area contributed by atoms with E-state index in [2.05, 4.69) is 22.6 Å². The summed E-state index contributed by atoms with van der Waals surface area (Å²) < 4.78 is 35.3. The zero-order valence-electron chi connectivity index (χ0n) is 13.6. The molecule has 0 N–H and O–H groups in total. The van der Waals surface area contributed by atoms with Crippen LogP contribution in [0.3, 0.4) is 0 Å². The predicted molar refractivity (Wildman–Crippen MR) is 101 cm³/mol. The number of phosphoric acid groups is 1. The van der Waals surface area contributed by atoms with Gasteiger partial charge in [-0.15, -0.1) is 0 Å². The van der Waals surface area contributed by atoms with Gasteiger partial charge >= 0.3 is 7.82 Å². The molecule has 0 spiro atoms. The summed E-state index contributed by atoms with van der Waals surface area (Å²) in [6, 6.07) is 15.2. The molecule has 0 saturated carbocycles. The zero-order chi connectivity index (χ0) is 17.4. The minimum absolute atomic E-state index is 0.224. The molecule has 0 aliphatic heterocycles. The van der Waals surface area contributed by atoms with Crippen molar-refractivity contribution in [1.29, 1.82) is 0 Å². The van der Waals surface area contributed by atoms with Crippen molar-refractivity contribution in [1.82, 2.24) is 0 Å². The van der Waals surface area contributed by atoms with E-state index in [1.807, 2.05) is 36.4 Å². The first-order valence-corrected chi connectivity index (χ1v) is 10.1. The summed E-state index contributed by atoms with van der Waals surface area (Å²) in [5.41, 5.74) is 1.03. The van der Waals surface area contributed by atoms with Crippen molar-refractivity contribution in [2.75, 3.05) is 13.2 Å². The maximum absolute atomic E-state index is 12.6. The lowest BCUT2D eigenvalue weighted by atomic mass is 10.2. The molecule has 24 heavy (non-hydrogen) atoms. The van der Waals surface area contributed by atoms with E-state index in [1.165, 1.54) is 0 Å². The number of halogens is 1. The standard InChI is InChI=1S/C17H20IO5P/c1-3-21-24(19,22-4-2)23-17-12-15(18)10-11-16(17)20-13-14-8-6-5-7-9-14/h5-12H,3-4,13H2,1-2H3. The van der Waals surface area contributed by atoms with Gasteiger partial charge in [0.15, 0.2) is 11.5 Å². The highest BCUT2D eigenvalue weighted by Gasteiger charge is 2.29. The molecule has 2 aromatic carbocycles. The SMILES string of the molecule is CCOP(=O)(OCC)Oc1cc(I)ccc1OCc1ccccc1. The van der Waals surface area contributed by atoms with Crippen LogP contribution in [0.2, 0.25) is 0 Å². The molecule has 0 aliphatic rings. The van der Waals surface area contributed by atoms with Gasteiger partial charge in [0.1, 0.15) is 6.61 Å². The number of hydrogen-bond donors (Lipinski definition) is 0. The average Bonchev–Trinajstić information content (AvgIpc) is 2.55. The summed E-state index contributed by atoms with van der Waals surface area (Å²) in [5, 5.41) is 0. The quantitative estimate of drug-likeness (QED) is 0.368. The second kappa shape index (κ2) is 9.42. The fourth-order valence-corrected chi connectivity index (χ4v) is 3.59. The first kappa shape index (κ1) is 19.2.